The van der Waals surface area contributed by atoms with E-state index in [1.54, 1.807) is 0 Å². The number of nitrogens with zero attached hydrogens (tertiary/aromatic N) is 1. The minimum absolute atomic E-state index is 0.180. The van der Waals surface area contributed by atoms with Crippen molar-refractivity contribution in [2.75, 3.05) is 6.54 Å². The van der Waals surface area contributed by atoms with Crippen LogP contribution in [0.25, 0.3) is 0 Å². The molecule has 3 rings (SSSR count). The molecule has 18 heavy (non-hydrogen) atoms. The average molecular weight is 244 g/mol. The van der Waals surface area contributed by atoms with E-state index in [0.29, 0.717) is 0 Å². The molecule has 1 aliphatic heterocycles. The van der Waals surface area contributed by atoms with Gasteiger partial charge in [0.25, 0.3) is 0 Å². The molecule has 1 aromatic heterocycles. The molecule has 0 saturated carbocycles. The zero-order valence-electron chi connectivity index (χ0n) is 10.5. The topological polar surface area (TPSA) is 17.0 Å². The highest BCUT2D eigenvalue weighted by molar-refractivity contribution is 5.35. The van der Waals surface area contributed by atoms with Crippen molar-refractivity contribution in [1.29, 1.82) is 0 Å². The summed E-state index contributed by atoms with van der Waals surface area (Å²) in [5, 5.41) is 3.53. The van der Waals surface area contributed by atoms with Gasteiger partial charge in [-0.05, 0) is 35.7 Å². The summed E-state index contributed by atoms with van der Waals surface area (Å²) < 4.78 is 15.3. The van der Waals surface area contributed by atoms with E-state index < -0.39 is 0 Å². The summed E-state index contributed by atoms with van der Waals surface area (Å²) in [7, 11) is 0. The molecule has 2 aromatic rings. The highest BCUT2D eigenvalue weighted by atomic mass is 19.1. The standard InChI is InChI=1S/C15H17FN2/c1-2-11-7-9-18-10-8-17-14(15(11)18)12-3-5-13(16)6-4-12/h3-7,9,14,17H,2,8,10H2,1H3. The summed E-state index contributed by atoms with van der Waals surface area (Å²) in [5.41, 5.74) is 3.83. The molecule has 0 saturated heterocycles. The molecule has 0 amide bonds. The monoisotopic (exact) mass is 244 g/mol. The molecule has 2 heterocycles. The summed E-state index contributed by atoms with van der Waals surface area (Å²) >= 11 is 0. The van der Waals surface area contributed by atoms with Crippen LogP contribution in [-0.4, -0.2) is 11.1 Å². The van der Waals surface area contributed by atoms with Crippen LogP contribution in [0.15, 0.2) is 36.5 Å². The zero-order valence-corrected chi connectivity index (χ0v) is 10.5. The summed E-state index contributed by atoms with van der Waals surface area (Å²) in [6.07, 6.45) is 3.19. The number of hydrogen-bond acceptors (Lipinski definition) is 1. The smallest absolute Gasteiger partial charge is 0.123 e. The zero-order chi connectivity index (χ0) is 12.5. The first-order valence-electron chi connectivity index (χ1n) is 6.46. The number of halogens is 1. The van der Waals surface area contributed by atoms with E-state index in [1.807, 2.05) is 12.1 Å². The third-order valence-electron chi connectivity index (χ3n) is 3.65. The quantitative estimate of drug-likeness (QED) is 0.859. The van der Waals surface area contributed by atoms with Crippen LogP contribution in [-0.2, 0) is 13.0 Å². The van der Waals surface area contributed by atoms with Crippen LogP contribution in [0.3, 0.4) is 0 Å². The van der Waals surface area contributed by atoms with Gasteiger partial charge in [-0.25, -0.2) is 4.39 Å². The van der Waals surface area contributed by atoms with Gasteiger partial charge in [0.1, 0.15) is 5.82 Å². The lowest BCUT2D eigenvalue weighted by atomic mass is 9.98. The Bertz CT molecular complexity index is 529. The fourth-order valence-electron chi connectivity index (χ4n) is 2.73. The van der Waals surface area contributed by atoms with E-state index in [0.717, 1.165) is 25.1 Å². The second-order valence-corrected chi connectivity index (χ2v) is 4.71. The Labute approximate surface area is 106 Å². The molecule has 0 radical (unpaired) electrons. The van der Waals surface area contributed by atoms with Crippen LogP contribution in [0.4, 0.5) is 4.39 Å². The molecule has 1 aliphatic rings. The van der Waals surface area contributed by atoms with Crippen molar-refractivity contribution in [3.8, 4) is 0 Å². The predicted octanol–water partition coefficient (Wildman–Crippen LogP) is 2.88. The predicted molar refractivity (Wildman–Crippen MR) is 70.1 cm³/mol. The Balaban J connectivity index is 2.04. The largest absolute Gasteiger partial charge is 0.348 e. The molecule has 1 aromatic carbocycles. The van der Waals surface area contributed by atoms with Crippen LogP contribution in [0.2, 0.25) is 0 Å². The second-order valence-electron chi connectivity index (χ2n) is 4.71. The van der Waals surface area contributed by atoms with Gasteiger partial charge in [-0.1, -0.05) is 19.1 Å². The fraction of sp³-hybridized carbons (Fsp3) is 0.333. The van der Waals surface area contributed by atoms with Gasteiger partial charge in [0, 0.05) is 25.0 Å². The molecule has 94 valence electrons. The van der Waals surface area contributed by atoms with Crippen LogP contribution in [0.1, 0.15) is 29.8 Å². The van der Waals surface area contributed by atoms with Gasteiger partial charge in [0.2, 0.25) is 0 Å². The van der Waals surface area contributed by atoms with Gasteiger partial charge in [0.15, 0.2) is 0 Å². The number of nitrogens with one attached hydrogen (secondary N) is 1. The first kappa shape index (κ1) is 11.5. The van der Waals surface area contributed by atoms with Crippen LogP contribution >= 0.6 is 0 Å². The van der Waals surface area contributed by atoms with Gasteiger partial charge >= 0.3 is 0 Å². The molecule has 0 spiro atoms. The first-order chi connectivity index (χ1) is 8.79. The molecular formula is C15H17FN2. The van der Waals surface area contributed by atoms with Crippen LogP contribution in [0, 0.1) is 5.82 Å². The third-order valence-corrected chi connectivity index (χ3v) is 3.65. The summed E-state index contributed by atoms with van der Waals surface area (Å²) in [5.74, 6) is -0.180. The van der Waals surface area contributed by atoms with E-state index in [-0.39, 0.29) is 11.9 Å². The SMILES string of the molecule is CCc1ccn2c1C(c1ccc(F)cc1)NCC2. The van der Waals surface area contributed by atoms with E-state index in [2.05, 4.69) is 29.1 Å². The summed E-state index contributed by atoms with van der Waals surface area (Å²) in [6, 6.07) is 9.18. The molecule has 1 N–H and O–H groups in total. The minimum Gasteiger partial charge on any atom is -0.348 e. The Hall–Kier alpha value is -1.61. The van der Waals surface area contributed by atoms with Gasteiger partial charge in [-0.3, -0.25) is 0 Å². The maximum Gasteiger partial charge on any atom is 0.123 e. The van der Waals surface area contributed by atoms with E-state index in [9.17, 15) is 4.39 Å². The van der Waals surface area contributed by atoms with Crippen LogP contribution in [0.5, 0.6) is 0 Å². The normalized spacial score (nSPS) is 18.7. The van der Waals surface area contributed by atoms with Crippen molar-refractivity contribution in [3.05, 3.63) is 59.2 Å². The number of rotatable bonds is 2. The van der Waals surface area contributed by atoms with Crippen molar-refractivity contribution in [3.63, 3.8) is 0 Å². The van der Waals surface area contributed by atoms with Gasteiger partial charge in [0.05, 0.1) is 6.04 Å². The molecule has 0 bridgehead atoms. The summed E-state index contributed by atoms with van der Waals surface area (Å²) in [6.45, 7) is 4.13. The van der Waals surface area contributed by atoms with E-state index >= 15 is 0 Å². The number of hydrogen-bond donors (Lipinski definition) is 1. The van der Waals surface area contributed by atoms with Gasteiger partial charge in [-0.2, -0.15) is 0 Å². The lowest BCUT2D eigenvalue weighted by Crippen LogP contribution is -2.34. The molecular weight excluding hydrogens is 227 g/mol. The maximum atomic E-state index is 13.0. The number of aromatic nitrogens is 1. The van der Waals surface area contributed by atoms with E-state index in [1.165, 1.54) is 23.4 Å². The number of aryl methyl sites for hydroxylation is 1. The van der Waals surface area contributed by atoms with Crippen molar-refractivity contribution >= 4 is 0 Å². The molecule has 1 atom stereocenters. The lowest BCUT2D eigenvalue weighted by Gasteiger charge is -2.28. The third kappa shape index (κ3) is 1.85. The fourth-order valence-corrected chi connectivity index (χ4v) is 2.73. The van der Waals surface area contributed by atoms with Crippen LogP contribution < -0.4 is 5.32 Å². The molecule has 3 heteroatoms. The van der Waals surface area contributed by atoms with Gasteiger partial charge in [-0.15, -0.1) is 0 Å². The Morgan fingerprint density at radius 2 is 2.06 bits per heavy atom. The Kier molecular flexibility index (Phi) is 2.92. The lowest BCUT2D eigenvalue weighted by molar-refractivity contribution is 0.463. The first-order valence-corrected chi connectivity index (χ1v) is 6.46. The second kappa shape index (κ2) is 4.58. The van der Waals surface area contributed by atoms with Crippen molar-refractivity contribution in [1.82, 2.24) is 9.88 Å². The summed E-state index contributed by atoms with van der Waals surface area (Å²) in [4.78, 5) is 0. The molecule has 1 unspecified atom stereocenters. The van der Waals surface area contributed by atoms with Crippen molar-refractivity contribution < 1.29 is 4.39 Å². The maximum absolute atomic E-state index is 13.0. The highest BCUT2D eigenvalue weighted by Crippen LogP contribution is 2.29. The van der Waals surface area contributed by atoms with Gasteiger partial charge < -0.3 is 9.88 Å². The minimum atomic E-state index is -0.180. The molecule has 2 nitrogen and oxygen atoms in total. The Morgan fingerprint density at radius 1 is 1.28 bits per heavy atom. The highest BCUT2D eigenvalue weighted by Gasteiger charge is 2.23. The molecule has 0 fully saturated rings. The Morgan fingerprint density at radius 3 is 2.78 bits per heavy atom. The van der Waals surface area contributed by atoms with E-state index in [4.69, 9.17) is 0 Å². The molecule has 0 aliphatic carbocycles. The van der Waals surface area contributed by atoms with Crippen molar-refractivity contribution in [2.45, 2.75) is 25.9 Å². The average Bonchev–Trinajstić information content (AvgIpc) is 2.82. The number of benzene rings is 1. The number of fused-ring (bicyclic) bond motifs is 1. The van der Waals surface area contributed by atoms with Crippen molar-refractivity contribution in [2.24, 2.45) is 0 Å².